The highest BCUT2D eigenvalue weighted by Gasteiger charge is 2.11. The standard InChI is InChI=1S/C18H15Br2N3O/c1-12-7-15(19)18(16(20)8-12)22-17(24)11-23-10-14(9-21-23)13-5-3-2-4-6-13/h2-10H,11H2,1H3,(H,22,24). The monoisotopic (exact) mass is 447 g/mol. The Bertz CT molecular complexity index is 852. The molecule has 24 heavy (non-hydrogen) atoms. The maximum Gasteiger partial charge on any atom is 0.246 e. The Morgan fingerprint density at radius 1 is 1.12 bits per heavy atom. The minimum Gasteiger partial charge on any atom is -0.323 e. The molecule has 0 aliphatic rings. The predicted molar refractivity (Wildman–Crippen MR) is 103 cm³/mol. The largest absolute Gasteiger partial charge is 0.323 e. The fourth-order valence-electron chi connectivity index (χ4n) is 2.38. The number of amides is 1. The molecule has 0 saturated carbocycles. The van der Waals surface area contributed by atoms with E-state index in [9.17, 15) is 4.79 Å². The molecule has 1 heterocycles. The van der Waals surface area contributed by atoms with Crippen LogP contribution >= 0.6 is 31.9 Å². The normalized spacial score (nSPS) is 10.6. The lowest BCUT2D eigenvalue weighted by molar-refractivity contribution is -0.116. The van der Waals surface area contributed by atoms with Crippen molar-refractivity contribution >= 4 is 43.5 Å². The molecule has 3 rings (SSSR count). The zero-order valence-electron chi connectivity index (χ0n) is 13.0. The lowest BCUT2D eigenvalue weighted by Crippen LogP contribution is -2.19. The lowest BCUT2D eigenvalue weighted by atomic mass is 10.1. The summed E-state index contributed by atoms with van der Waals surface area (Å²) in [7, 11) is 0. The van der Waals surface area contributed by atoms with Gasteiger partial charge in [0, 0.05) is 20.7 Å². The summed E-state index contributed by atoms with van der Waals surface area (Å²) in [6, 6.07) is 13.9. The van der Waals surface area contributed by atoms with Crippen LogP contribution in [-0.2, 0) is 11.3 Å². The molecular weight excluding hydrogens is 434 g/mol. The third kappa shape index (κ3) is 3.94. The first kappa shape index (κ1) is 16.9. The zero-order valence-corrected chi connectivity index (χ0v) is 16.1. The van der Waals surface area contributed by atoms with E-state index in [1.165, 1.54) is 0 Å². The van der Waals surface area contributed by atoms with Crippen LogP contribution in [0.15, 0.2) is 63.8 Å². The van der Waals surface area contributed by atoms with Gasteiger partial charge in [0.05, 0.1) is 11.9 Å². The Kier molecular flexibility index (Phi) is 5.16. The maximum absolute atomic E-state index is 12.3. The zero-order chi connectivity index (χ0) is 17.1. The number of aryl methyl sites for hydroxylation is 1. The van der Waals surface area contributed by atoms with Gasteiger partial charge in [0.1, 0.15) is 6.54 Å². The van der Waals surface area contributed by atoms with E-state index in [1.54, 1.807) is 10.9 Å². The molecule has 0 bridgehead atoms. The van der Waals surface area contributed by atoms with E-state index in [0.29, 0.717) is 0 Å². The van der Waals surface area contributed by atoms with Gasteiger partial charge in [-0.2, -0.15) is 5.10 Å². The maximum atomic E-state index is 12.3. The van der Waals surface area contributed by atoms with Crippen molar-refractivity contribution in [3.8, 4) is 11.1 Å². The topological polar surface area (TPSA) is 46.9 Å². The molecule has 0 unspecified atom stereocenters. The fourth-order valence-corrected chi connectivity index (χ4v) is 3.99. The molecule has 0 aliphatic heterocycles. The average molecular weight is 449 g/mol. The number of hydrogen-bond acceptors (Lipinski definition) is 2. The summed E-state index contributed by atoms with van der Waals surface area (Å²) in [5.41, 5.74) is 3.89. The molecule has 122 valence electrons. The van der Waals surface area contributed by atoms with Crippen LogP contribution in [0.1, 0.15) is 5.56 Å². The van der Waals surface area contributed by atoms with Crippen LogP contribution in [0, 0.1) is 6.92 Å². The average Bonchev–Trinajstić information content (AvgIpc) is 3.00. The number of nitrogens with zero attached hydrogens (tertiary/aromatic N) is 2. The number of halogens is 2. The minimum atomic E-state index is -0.136. The van der Waals surface area contributed by atoms with Gasteiger partial charge in [-0.25, -0.2) is 0 Å². The SMILES string of the molecule is Cc1cc(Br)c(NC(=O)Cn2cc(-c3ccccc3)cn2)c(Br)c1. The molecule has 0 radical (unpaired) electrons. The second kappa shape index (κ2) is 7.32. The molecule has 0 spiro atoms. The molecule has 0 atom stereocenters. The number of anilines is 1. The van der Waals surface area contributed by atoms with E-state index in [-0.39, 0.29) is 12.5 Å². The Morgan fingerprint density at radius 3 is 2.46 bits per heavy atom. The van der Waals surface area contributed by atoms with Gasteiger partial charge in [-0.1, -0.05) is 30.3 Å². The van der Waals surface area contributed by atoms with Crippen molar-refractivity contribution in [3.05, 3.63) is 69.4 Å². The van der Waals surface area contributed by atoms with Crippen molar-refractivity contribution in [1.29, 1.82) is 0 Å². The highest BCUT2D eigenvalue weighted by Crippen LogP contribution is 2.32. The molecule has 0 saturated heterocycles. The van der Waals surface area contributed by atoms with Crippen LogP contribution in [0.2, 0.25) is 0 Å². The molecule has 0 fully saturated rings. The Labute approximate surface area is 157 Å². The first-order chi connectivity index (χ1) is 11.5. The second-order valence-electron chi connectivity index (χ2n) is 5.44. The highest BCUT2D eigenvalue weighted by atomic mass is 79.9. The van der Waals surface area contributed by atoms with Gasteiger partial charge >= 0.3 is 0 Å². The number of carbonyl (C=O) groups excluding carboxylic acids is 1. The van der Waals surface area contributed by atoms with E-state index in [0.717, 1.165) is 31.3 Å². The molecule has 4 nitrogen and oxygen atoms in total. The highest BCUT2D eigenvalue weighted by molar-refractivity contribution is 9.11. The Morgan fingerprint density at radius 2 is 1.79 bits per heavy atom. The first-order valence-electron chi connectivity index (χ1n) is 7.36. The smallest absolute Gasteiger partial charge is 0.246 e. The number of benzene rings is 2. The van der Waals surface area contributed by atoms with Crippen LogP contribution in [0.3, 0.4) is 0 Å². The van der Waals surface area contributed by atoms with Crippen LogP contribution in [0.5, 0.6) is 0 Å². The van der Waals surface area contributed by atoms with Crippen LogP contribution in [0.25, 0.3) is 11.1 Å². The first-order valence-corrected chi connectivity index (χ1v) is 8.95. The molecule has 1 aromatic heterocycles. The summed E-state index contributed by atoms with van der Waals surface area (Å²) in [6.45, 7) is 2.15. The van der Waals surface area contributed by atoms with Crippen molar-refractivity contribution in [1.82, 2.24) is 9.78 Å². The van der Waals surface area contributed by atoms with Crippen molar-refractivity contribution < 1.29 is 4.79 Å². The third-order valence-electron chi connectivity index (χ3n) is 3.50. The summed E-state index contributed by atoms with van der Waals surface area (Å²) >= 11 is 6.96. The fraction of sp³-hybridized carbons (Fsp3) is 0.111. The lowest BCUT2D eigenvalue weighted by Gasteiger charge is -2.10. The van der Waals surface area contributed by atoms with Gasteiger partial charge in [0.25, 0.3) is 0 Å². The van der Waals surface area contributed by atoms with Gasteiger partial charge in [0.2, 0.25) is 5.91 Å². The van der Waals surface area contributed by atoms with E-state index >= 15 is 0 Å². The second-order valence-corrected chi connectivity index (χ2v) is 7.15. The number of hydrogen-bond donors (Lipinski definition) is 1. The van der Waals surface area contributed by atoms with Gasteiger partial charge < -0.3 is 5.32 Å². The van der Waals surface area contributed by atoms with Gasteiger partial charge in [-0.05, 0) is 62.0 Å². The summed E-state index contributed by atoms with van der Waals surface area (Å²) in [6.07, 6.45) is 3.63. The minimum absolute atomic E-state index is 0.136. The molecular formula is C18H15Br2N3O. The number of nitrogens with one attached hydrogen (secondary N) is 1. The predicted octanol–water partition coefficient (Wildman–Crippen LogP) is 5.02. The Balaban J connectivity index is 1.71. The van der Waals surface area contributed by atoms with E-state index in [4.69, 9.17) is 0 Å². The van der Waals surface area contributed by atoms with Crippen molar-refractivity contribution in [3.63, 3.8) is 0 Å². The number of carbonyl (C=O) groups is 1. The molecule has 6 heteroatoms. The molecule has 1 N–H and O–H groups in total. The Hall–Kier alpha value is -1.92. The van der Waals surface area contributed by atoms with Crippen LogP contribution in [0.4, 0.5) is 5.69 Å². The summed E-state index contributed by atoms with van der Waals surface area (Å²) in [4.78, 5) is 12.3. The third-order valence-corrected chi connectivity index (χ3v) is 4.75. The summed E-state index contributed by atoms with van der Waals surface area (Å²) < 4.78 is 3.31. The number of rotatable bonds is 4. The molecule has 2 aromatic carbocycles. The van der Waals surface area contributed by atoms with Crippen molar-refractivity contribution in [2.24, 2.45) is 0 Å². The van der Waals surface area contributed by atoms with E-state index in [2.05, 4.69) is 42.3 Å². The molecule has 0 aliphatic carbocycles. The van der Waals surface area contributed by atoms with Crippen LogP contribution in [-0.4, -0.2) is 15.7 Å². The van der Waals surface area contributed by atoms with Gasteiger partial charge in [-0.15, -0.1) is 0 Å². The van der Waals surface area contributed by atoms with Gasteiger partial charge in [0.15, 0.2) is 0 Å². The molecule has 3 aromatic rings. The quantitative estimate of drug-likeness (QED) is 0.608. The summed E-state index contributed by atoms with van der Waals surface area (Å²) in [5.74, 6) is -0.136. The van der Waals surface area contributed by atoms with E-state index in [1.807, 2.05) is 55.6 Å². The van der Waals surface area contributed by atoms with E-state index < -0.39 is 0 Å². The summed E-state index contributed by atoms with van der Waals surface area (Å²) in [5, 5.41) is 7.18. The van der Waals surface area contributed by atoms with Crippen molar-refractivity contribution in [2.45, 2.75) is 13.5 Å². The number of aromatic nitrogens is 2. The van der Waals surface area contributed by atoms with Gasteiger partial charge in [-0.3, -0.25) is 9.48 Å². The molecule has 1 amide bonds. The van der Waals surface area contributed by atoms with Crippen LogP contribution < -0.4 is 5.32 Å². The van der Waals surface area contributed by atoms with Crippen molar-refractivity contribution in [2.75, 3.05) is 5.32 Å².